The molecule has 1 unspecified atom stereocenters. The summed E-state index contributed by atoms with van der Waals surface area (Å²) in [7, 11) is 0. The van der Waals surface area contributed by atoms with Crippen molar-refractivity contribution in [2.45, 2.75) is 26.3 Å². The molecule has 0 N–H and O–H groups in total. The van der Waals surface area contributed by atoms with E-state index in [2.05, 4.69) is 0 Å². The smallest absolute Gasteiger partial charge is 0.445 e. The number of allylic oxidation sites excluding steroid dienone is 1. The van der Waals surface area contributed by atoms with Crippen LogP contribution in [0.4, 0.5) is 26.3 Å². The van der Waals surface area contributed by atoms with Gasteiger partial charge in [-0.2, -0.15) is 17.6 Å². The molecule has 0 aromatic heterocycles. The molecule has 1 atom stereocenters. The van der Waals surface area contributed by atoms with Gasteiger partial charge in [-0.3, -0.25) is 0 Å². The Morgan fingerprint density at radius 2 is 1.86 bits per heavy atom. The monoisotopic (exact) mass is 314 g/mol. The molecule has 0 spiro atoms. The Balaban J connectivity index is 3.04. The van der Waals surface area contributed by atoms with Crippen LogP contribution < -0.4 is 4.74 Å². The van der Waals surface area contributed by atoms with Crippen molar-refractivity contribution < 1.29 is 35.8 Å². The van der Waals surface area contributed by atoms with E-state index < -0.39 is 35.5 Å². The SMILES string of the molecule is CCOC(C)Oc1ccc(C(F)=C(F)C(F)(F)F)c(F)c1. The van der Waals surface area contributed by atoms with Gasteiger partial charge in [0.15, 0.2) is 12.1 Å². The first-order chi connectivity index (χ1) is 9.66. The molecule has 0 aliphatic carbocycles. The summed E-state index contributed by atoms with van der Waals surface area (Å²) < 4.78 is 85.7. The number of benzene rings is 1. The maximum absolute atomic E-state index is 13.6. The molecular formula is C13H12F6O2. The second kappa shape index (κ2) is 6.84. The first-order valence-electron chi connectivity index (χ1n) is 5.87. The van der Waals surface area contributed by atoms with Gasteiger partial charge >= 0.3 is 6.18 Å². The van der Waals surface area contributed by atoms with E-state index in [1.54, 1.807) is 6.92 Å². The van der Waals surface area contributed by atoms with Crippen LogP contribution in [-0.4, -0.2) is 19.1 Å². The molecule has 0 radical (unpaired) electrons. The Morgan fingerprint density at radius 3 is 2.33 bits per heavy atom. The van der Waals surface area contributed by atoms with Crippen molar-refractivity contribution in [3.63, 3.8) is 0 Å². The molecule has 21 heavy (non-hydrogen) atoms. The normalized spacial score (nSPS) is 14.7. The maximum Gasteiger partial charge on any atom is 0.445 e. The van der Waals surface area contributed by atoms with E-state index in [-0.39, 0.29) is 5.75 Å². The maximum atomic E-state index is 13.6. The van der Waals surface area contributed by atoms with Gasteiger partial charge in [0.1, 0.15) is 11.6 Å². The van der Waals surface area contributed by atoms with E-state index >= 15 is 0 Å². The minimum absolute atomic E-state index is 0.0857. The second-order valence-corrected chi connectivity index (χ2v) is 3.91. The van der Waals surface area contributed by atoms with Crippen molar-refractivity contribution >= 4 is 5.83 Å². The topological polar surface area (TPSA) is 18.5 Å². The van der Waals surface area contributed by atoms with Crippen LogP contribution in [0.25, 0.3) is 5.83 Å². The number of hydrogen-bond acceptors (Lipinski definition) is 2. The zero-order valence-corrected chi connectivity index (χ0v) is 11.1. The van der Waals surface area contributed by atoms with Crippen molar-refractivity contribution in [3.05, 3.63) is 35.4 Å². The van der Waals surface area contributed by atoms with Crippen LogP contribution in [0.1, 0.15) is 19.4 Å². The average molecular weight is 314 g/mol. The van der Waals surface area contributed by atoms with Gasteiger partial charge in [-0.1, -0.05) is 0 Å². The molecule has 0 fully saturated rings. The summed E-state index contributed by atoms with van der Waals surface area (Å²) in [5.74, 6) is -6.77. The Bertz CT molecular complexity index is 524. The van der Waals surface area contributed by atoms with Gasteiger partial charge in [-0.25, -0.2) is 8.78 Å². The Hall–Kier alpha value is -1.70. The highest BCUT2D eigenvalue weighted by atomic mass is 19.4. The van der Waals surface area contributed by atoms with Gasteiger partial charge in [0.05, 0.1) is 0 Å². The minimum Gasteiger partial charge on any atom is -0.465 e. The van der Waals surface area contributed by atoms with Gasteiger partial charge in [-0.05, 0) is 26.0 Å². The summed E-state index contributed by atoms with van der Waals surface area (Å²) >= 11 is 0. The fraction of sp³-hybridized carbons (Fsp3) is 0.385. The lowest BCUT2D eigenvalue weighted by Crippen LogP contribution is -2.16. The lowest BCUT2D eigenvalue weighted by atomic mass is 10.1. The molecule has 0 saturated heterocycles. The Kier molecular flexibility index (Phi) is 5.65. The predicted octanol–water partition coefficient (Wildman–Crippen LogP) is 4.76. The summed E-state index contributed by atoms with van der Waals surface area (Å²) in [6.45, 7) is 3.54. The van der Waals surface area contributed by atoms with Crippen LogP contribution >= 0.6 is 0 Å². The number of rotatable bonds is 5. The molecule has 118 valence electrons. The van der Waals surface area contributed by atoms with Gasteiger partial charge in [0, 0.05) is 18.2 Å². The number of ether oxygens (including phenoxy) is 2. The fourth-order valence-electron chi connectivity index (χ4n) is 1.45. The third-order valence-corrected chi connectivity index (χ3v) is 2.32. The van der Waals surface area contributed by atoms with Gasteiger partial charge in [-0.15, -0.1) is 0 Å². The predicted molar refractivity (Wildman–Crippen MR) is 63.3 cm³/mol. The molecule has 8 heteroatoms. The molecule has 1 aromatic carbocycles. The molecule has 0 aliphatic heterocycles. The highest BCUT2D eigenvalue weighted by Crippen LogP contribution is 2.35. The van der Waals surface area contributed by atoms with Crippen molar-refractivity contribution in [1.82, 2.24) is 0 Å². The van der Waals surface area contributed by atoms with Crippen molar-refractivity contribution in [3.8, 4) is 5.75 Å². The highest BCUT2D eigenvalue weighted by Gasteiger charge is 2.39. The molecular weight excluding hydrogens is 302 g/mol. The lowest BCUT2D eigenvalue weighted by Gasteiger charge is -2.14. The minimum atomic E-state index is -5.52. The zero-order chi connectivity index (χ0) is 16.2. The van der Waals surface area contributed by atoms with E-state index in [9.17, 15) is 26.3 Å². The third kappa shape index (κ3) is 4.66. The summed E-state index contributed by atoms with van der Waals surface area (Å²) in [4.78, 5) is 0. The number of hydrogen-bond donors (Lipinski definition) is 0. The molecule has 0 heterocycles. The number of halogens is 6. The molecule has 1 rings (SSSR count). The van der Waals surface area contributed by atoms with Crippen molar-refractivity contribution in [2.75, 3.05) is 6.61 Å². The quantitative estimate of drug-likeness (QED) is 0.576. The van der Waals surface area contributed by atoms with Crippen LogP contribution in [0, 0.1) is 5.82 Å². The molecule has 0 amide bonds. The molecule has 1 aromatic rings. The van der Waals surface area contributed by atoms with Gasteiger partial charge < -0.3 is 9.47 Å². The van der Waals surface area contributed by atoms with Crippen molar-refractivity contribution in [1.29, 1.82) is 0 Å². The van der Waals surface area contributed by atoms with Crippen LogP contribution in [0.15, 0.2) is 24.0 Å². The zero-order valence-electron chi connectivity index (χ0n) is 11.1. The van der Waals surface area contributed by atoms with E-state index in [0.717, 1.165) is 6.07 Å². The second-order valence-electron chi connectivity index (χ2n) is 3.91. The van der Waals surface area contributed by atoms with Crippen LogP contribution in [0.5, 0.6) is 5.75 Å². The lowest BCUT2D eigenvalue weighted by molar-refractivity contribution is -0.108. The summed E-state index contributed by atoms with van der Waals surface area (Å²) in [6, 6.07) is 2.31. The first kappa shape index (κ1) is 17.4. The Morgan fingerprint density at radius 1 is 1.24 bits per heavy atom. The van der Waals surface area contributed by atoms with Crippen LogP contribution in [0.3, 0.4) is 0 Å². The van der Waals surface area contributed by atoms with E-state index in [1.807, 2.05) is 0 Å². The molecule has 0 bridgehead atoms. The average Bonchev–Trinajstić information content (AvgIpc) is 2.36. The molecule has 0 aliphatic rings. The highest BCUT2D eigenvalue weighted by molar-refractivity contribution is 5.63. The first-order valence-corrected chi connectivity index (χ1v) is 5.87. The fourth-order valence-corrected chi connectivity index (χ4v) is 1.45. The summed E-state index contributed by atoms with van der Waals surface area (Å²) in [6.07, 6.45) is -6.25. The van der Waals surface area contributed by atoms with E-state index in [1.165, 1.54) is 6.92 Å². The van der Waals surface area contributed by atoms with Crippen LogP contribution in [0.2, 0.25) is 0 Å². The largest absolute Gasteiger partial charge is 0.465 e. The van der Waals surface area contributed by atoms with E-state index in [4.69, 9.17) is 9.47 Å². The Labute approximate surface area is 117 Å². The summed E-state index contributed by atoms with van der Waals surface area (Å²) in [5.41, 5.74) is -1.14. The van der Waals surface area contributed by atoms with Crippen LogP contribution in [-0.2, 0) is 4.74 Å². The summed E-state index contributed by atoms with van der Waals surface area (Å²) in [5, 5.41) is 0. The van der Waals surface area contributed by atoms with Crippen molar-refractivity contribution in [2.24, 2.45) is 0 Å². The van der Waals surface area contributed by atoms with E-state index in [0.29, 0.717) is 18.7 Å². The standard InChI is InChI=1S/C13H12F6O2/c1-3-20-7(2)21-8-4-5-9(10(14)6-8)11(15)12(16)13(17,18)19/h4-7H,3H2,1-2H3. The molecule has 2 nitrogen and oxygen atoms in total. The third-order valence-electron chi connectivity index (χ3n) is 2.32. The number of alkyl halides is 3. The van der Waals surface area contributed by atoms with Gasteiger partial charge in [0.25, 0.3) is 0 Å². The van der Waals surface area contributed by atoms with Gasteiger partial charge in [0.2, 0.25) is 5.83 Å². The molecule has 0 saturated carbocycles.